The highest BCUT2D eigenvalue weighted by atomic mass is 19.1. The Morgan fingerprint density at radius 2 is 1.69 bits per heavy atom. The largest absolute Gasteiger partial charge is 0.497 e. The summed E-state index contributed by atoms with van der Waals surface area (Å²) in [7, 11) is 1.64. The number of halogens is 1. The van der Waals surface area contributed by atoms with Gasteiger partial charge in [-0.1, -0.05) is 6.07 Å². The SMILES string of the molecule is COc1ccc(OCC[NH+]2CC[NH+](CC(=O)Nc3ccc(C)cc3F)CC2)cc1. The van der Waals surface area contributed by atoms with Gasteiger partial charge in [0.2, 0.25) is 0 Å². The summed E-state index contributed by atoms with van der Waals surface area (Å²) in [5.74, 6) is 1.12. The summed E-state index contributed by atoms with van der Waals surface area (Å²) >= 11 is 0. The predicted octanol–water partition coefficient (Wildman–Crippen LogP) is -0.0564. The lowest BCUT2D eigenvalue weighted by molar-refractivity contribution is -1.01. The molecule has 0 unspecified atom stereocenters. The number of anilines is 1. The molecule has 0 atom stereocenters. The third-order valence-electron chi connectivity index (χ3n) is 5.26. The summed E-state index contributed by atoms with van der Waals surface area (Å²) in [6.45, 7) is 7.60. The van der Waals surface area contributed by atoms with Crippen LogP contribution in [0.5, 0.6) is 11.5 Å². The summed E-state index contributed by atoms with van der Waals surface area (Å²) in [5.41, 5.74) is 1.08. The standard InChI is InChI=1S/C22H28FN3O3/c1-17-3-8-21(20(23)15-17)24-22(27)16-26-11-9-25(10-12-26)13-14-29-19-6-4-18(28-2)5-7-19/h3-8,15H,9-14,16H2,1-2H3,(H,24,27)/p+2. The van der Waals surface area contributed by atoms with E-state index in [1.807, 2.05) is 31.2 Å². The molecule has 2 aromatic carbocycles. The highest BCUT2D eigenvalue weighted by molar-refractivity contribution is 5.91. The van der Waals surface area contributed by atoms with Crippen molar-refractivity contribution in [3.63, 3.8) is 0 Å². The van der Waals surface area contributed by atoms with E-state index in [1.54, 1.807) is 19.2 Å². The minimum Gasteiger partial charge on any atom is -0.497 e. The number of aryl methyl sites for hydroxylation is 1. The normalized spacial score (nSPS) is 18.9. The summed E-state index contributed by atoms with van der Waals surface area (Å²) in [4.78, 5) is 14.9. The Morgan fingerprint density at radius 3 is 2.34 bits per heavy atom. The maximum absolute atomic E-state index is 13.9. The van der Waals surface area contributed by atoms with E-state index in [0.29, 0.717) is 13.2 Å². The molecule has 1 fully saturated rings. The molecule has 1 heterocycles. The molecule has 0 spiro atoms. The second kappa shape index (κ2) is 10.2. The molecule has 3 N–H and O–H groups in total. The molecule has 0 aliphatic carbocycles. The van der Waals surface area contributed by atoms with Crippen LogP contribution in [0.15, 0.2) is 42.5 Å². The van der Waals surface area contributed by atoms with Crippen LogP contribution in [0.3, 0.4) is 0 Å². The maximum atomic E-state index is 13.9. The lowest BCUT2D eigenvalue weighted by Gasteiger charge is -2.29. The van der Waals surface area contributed by atoms with E-state index in [4.69, 9.17) is 9.47 Å². The molecule has 156 valence electrons. The van der Waals surface area contributed by atoms with Gasteiger partial charge in [0.25, 0.3) is 5.91 Å². The van der Waals surface area contributed by atoms with Crippen LogP contribution in [0.1, 0.15) is 5.56 Å². The Hall–Kier alpha value is -2.64. The Labute approximate surface area is 171 Å². The number of amides is 1. The van der Waals surface area contributed by atoms with Crippen LogP contribution in [0.2, 0.25) is 0 Å². The Bertz CT molecular complexity index is 805. The van der Waals surface area contributed by atoms with Crippen LogP contribution >= 0.6 is 0 Å². The lowest BCUT2D eigenvalue weighted by atomic mass is 10.2. The monoisotopic (exact) mass is 403 g/mol. The van der Waals surface area contributed by atoms with Gasteiger partial charge in [0.15, 0.2) is 6.54 Å². The predicted molar refractivity (Wildman–Crippen MR) is 109 cm³/mol. The number of benzene rings is 2. The first-order chi connectivity index (χ1) is 14.0. The van der Waals surface area contributed by atoms with Crippen LogP contribution in [-0.4, -0.2) is 58.9 Å². The first-order valence-corrected chi connectivity index (χ1v) is 10.0. The van der Waals surface area contributed by atoms with E-state index in [2.05, 4.69) is 5.32 Å². The molecule has 0 bridgehead atoms. The van der Waals surface area contributed by atoms with Crippen LogP contribution in [0, 0.1) is 12.7 Å². The van der Waals surface area contributed by atoms with E-state index < -0.39 is 0 Å². The van der Waals surface area contributed by atoms with Crippen molar-refractivity contribution in [2.75, 3.05) is 58.3 Å². The number of hydrogen-bond donors (Lipinski definition) is 3. The van der Waals surface area contributed by atoms with E-state index in [-0.39, 0.29) is 17.4 Å². The van der Waals surface area contributed by atoms with Crippen molar-refractivity contribution in [2.45, 2.75) is 6.92 Å². The van der Waals surface area contributed by atoms with Crippen LogP contribution < -0.4 is 24.6 Å². The van der Waals surface area contributed by atoms with Gasteiger partial charge in [0.1, 0.15) is 56.6 Å². The van der Waals surface area contributed by atoms with Gasteiger partial charge in [-0.05, 0) is 48.9 Å². The molecule has 0 radical (unpaired) electrons. The molecule has 1 amide bonds. The topological polar surface area (TPSA) is 56.4 Å². The van der Waals surface area contributed by atoms with Gasteiger partial charge in [-0.2, -0.15) is 0 Å². The van der Waals surface area contributed by atoms with Crippen LogP contribution in [0.4, 0.5) is 10.1 Å². The van der Waals surface area contributed by atoms with Crippen LogP contribution in [0.25, 0.3) is 0 Å². The van der Waals surface area contributed by atoms with Gasteiger partial charge in [-0.3, -0.25) is 4.79 Å². The molecular formula is C22H30FN3O3+2. The molecule has 6 nitrogen and oxygen atoms in total. The van der Waals surface area contributed by atoms with Gasteiger partial charge in [-0.15, -0.1) is 0 Å². The molecule has 0 aromatic heterocycles. The van der Waals surface area contributed by atoms with Crippen molar-refractivity contribution in [3.8, 4) is 11.5 Å². The fourth-order valence-corrected chi connectivity index (χ4v) is 3.51. The fourth-order valence-electron chi connectivity index (χ4n) is 3.51. The summed E-state index contributed by atoms with van der Waals surface area (Å²) in [5, 5.41) is 2.69. The number of rotatable bonds is 8. The zero-order valence-corrected chi connectivity index (χ0v) is 17.1. The average Bonchev–Trinajstić information content (AvgIpc) is 2.72. The Balaban J connectivity index is 1.34. The Kier molecular flexibility index (Phi) is 7.43. The van der Waals surface area contributed by atoms with E-state index in [9.17, 15) is 9.18 Å². The molecule has 3 rings (SSSR count). The molecular weight excluding hydrogens is 373 g/mol. The minimum atomic E-state index is -0.389. The zero-order chi connectivity index (χ0) is 20.6. The molecule has 1 aliphatic heterocycles. The molecule has 1 aliphatic rings. The van der Waals surface area contributed by atoms with Crippen molar-refractivity contribution >= 4 is 11.6 Å². The molecule has 2 aromatic rings. The minimum absolute atomic E-state index is 0.144. The number of nitrogens with one attached hydrogen (secondary N) is 3. The first-order valence-electron chi connectivity index (χ1n) is 10.0. The molecule has 29 heavy (non-hydrogen) atoms. The van der Waals surface area contributed by atoms with E-state index >= 15 is 0 Å². The number of methoxy groups -OCH3 is 1. The smallest absolute Gasteiger partial charge is 0.279 e. The summed E-state index contributed by atoms with van der Waals surface area (Å²) in [6, 6.07) is 12.4. The number of ether oxygens (including phenoxy) is 2. The highest BCUT2D eigenvalue weighted by Gasteiger charge is 2.25. The third kappa shape index (κ3) is 6.44. The third-order valence-corrected chi connectivity index (χ3v) is 5.26. The van der Waals surface area contributed by atoms with Crippen molar-refractivity contribution in [1.82, 2.24) is 0 Å². The number of hydrogen-bond acceptors (Lipinski definition) is 3. The van der Waals surface area contributed by atoms with Crippen molar-refractivity contribution in [2.24, 2.45) is 0 Å². The number of carbonyl (C=O) groups excluding carboxylic acids is 1. The van der Waals surface area contributed by atoms with Gasteiger partial charge < -0.3 is 24.6 Å². The molecule has 1 saturated heterocycles. The second-order valence-corrected chi connectivity index (χ2v) is 7.48. The van der Waals surface area contributed by atoms with Gasteiger partial charge in [0.05, 0.1) is 12.8 Å². The van der Waals surface area contributed by atoms with Crippen molar-refractivity contribution < 1.29 is 28.5 Å². The molecule has 0 saturated carbocycles. The fraction of sp³-hybridized carbons (Fsp3) is 0.409. The summed E-state index contributed by atoms with van der Waals surface area (Å²) < 4.78 is 24.8. The second-order valence-electron chi connectivity index (χ2n) is 7.48. The number of quaternary nitrogens is 2. The number of carbonyl (C=O) groups is 1. The lowest BCUT2D eigenvalue weighted by Crippen LogP contribution is -3.28. The maximum Gasteiger partial charge on any atom is 0.279 e. The quantitative estimate of drug-likeness (QED) is 0.579. The first kappa shape index (κ1) is 21.1. The Morgan fingerprint density at radius 1 is 1.03 bits per heavy atom. The average molecular weight is 403 g/mol. The van der Waals surface area contributed by atoms with Crippen molar-refractivity contribution in [3.05, 3.63) is 53.8 Å². The van der Waals surface area contributed by atoms with Gasteiger partial charge in [-0.25, -0.2) is 4.39 Å². The van der Waals surface area contributed by atoms with E-state index in [1.165, 1.54) is 15.9 Å². The van der Waals surface area contributed by atoms with Gasteiger partial charge in [0, 0.05) is 0 Å². The van der Waals surface area contributed by atoms with Crippen LogP contribution in [-0.2, 0) is 4.79 Å². The summed E-state index contributed by atoms with van der Waals surface area (Å²) in [6.07, 6.45) is 0. The highest BCUT2D eigenvalue weighted by Crippen LogP contribution is 2.16. The number of piperazine rings is 1. The van der Waals surface area contributed by atoms with Gasteiger partial charge >= 0.3 is 0 Å². The molecule has 7 heteroatoms. The zero-order valence-electron chi connectivity index (χ0n) is 17.1. The van der Waals surface area contributed by atoms with Crippen molar-refractivity contribution in [1.29, 1.82) is 0 Å². The van der Waals surface area contributed by atoms with E-state index in [0.717, 1.165) is 49.8 Å².